The predicted molar refractivity (Wildman–Crippen MR) is 93.3 cm³/mol. The number of carbonyl (C=O) groups excluding carboxylic acids is 1. The molecule has 0 spiro atoms. The fourth-order valence-corrected chi connectivity index (χ4v) is 3.09. The first-order chi connectivity index (χ1) is 10.9. The highest BCUT2D eigenvalue weighted by atomic mass is 16.6. The summed E-state index contributed by atoms with van der Waals surface area (Å²) < 4.78 is 5.32. The number of ether oxygens (including phenoxy) is 1. The average molecular weight is 318 g/mol. The number of amides is 1. The highest BCUT2D eigenvalue weighted by molar-refractivity contribution is 5.67. The maximum atomic E-state index is 11.8. The largest absolute Gasteiger partial charge is 0.444 e. The molecule has 0 radical (unpaired) electrons. The average Bonchev–Trinajstić information content (AvgIpc) is 2.51. The molecule has 2 unspecified atom stereocenters. The molecule has 2 rings (SSSR count). The molecular weight excluding hydrogens is 288 g/mol. The standard InChI is InChI=1S/C19H30N2O2/c1-19(2,3)23-18(22)21-14-16-11-7-8-12-17(16)20-13-15-9-5-4-6-10-15/h4-6,9-10,16-17,20H,7-8,11-14H2,1-3H3,(H,21,22). The molecule has 1 amide bonds. The minimum absolute atomic E-state index is 0.315. The van der Waals surface area contributed by atoms with E-state index in [0.29, 0.717) is 18.5 Å². The van der Waals surface area contributed by atoms with Crippen LogP contribution in [0.3, 0.4) is 0 Å². The van der Waals surface area contributed by atoms with Gasteiger partial charge in [-0.05, 0) is 45.1 Å². The van der Waals surface area contributed by atoms with E-state index in [-0.39, 0.29) is 6.09 Å². The number of alkyl carbamates (subject to hydrolysis) is 1. The highest BCUT2D eigenvalue weighted by Gasteiger charge is 2.26. The summed E-state index contributed by atoms with van der Waals surface area (Å²) in [6.07, 6.45) is 4.51. The molecule has 0 saturated heterocycles. The van der Waals surface area contributed by atoms with Crippen LogP contribution >= 0.6 is 0 Å². The molecule has 0 aliphatic heterocycles. The minimum atomic E-state index is -0.443. The third kappa shape index (κ3) is 6.61. The van der Waals surface area contributed by atoms with E-state index in [9.17, 15) is 4.79 Å². The third-order valence-electron chi connectivity index (χ3n) is 4.23. The van der Waals surface area contributed by atoms with Gasteiger partial charge in [0.2, 0.25) is 0 Å². The van der Waals surface area contributed by atoms with Gasteiger partial charge in [0.05, 0.1) is 0 Å². The van der Waals surface area contributed by atoms with Crippen molar-refractivity contribution in [2.45, 2.75) is 64.6 Å². The van der Waals surface area contributed by atoms with E-state index in [1.165, 1.54) is 24.8 Å². The second kappa shape index (κ2) is 8.34. The summed E-state index contributed by atoms with van der Waals surface area (Å²) in [4.78, 5) is 11.8. The number of carbonyl (C=O) groups is 1. The molecule has 1 aromatic carbocycles. The second-order valence-corrected chi connectivity index (χ2v) is 7.40. The summed E-state index contributed by atoms with van der Waals surface area (Å²) in [6.45, 7) is 7.22. The van der Waals surface area contributed by atoms with Crippen LogP contribution in [-0.2, 0) is 11.3 Å². The molecule has 0 aromatic heterocycles. The van der Waals surface area contributed by atoms with Crippen molar-refractivity contribution >= 4 is 6.09 Å². The molecule has 1 aliphatic rings. The second-order valence-electron chi connectivity index (χ2n) is 7.40. The SMILES string of the molecule is CC(C)(C)OC(=O)NCC1CCCCC1NCc1ccccc1. The van der Waals surface area contributed by atoms with Crippen molar-refractivity contribution in [2.75, 3.05) is 6.54 Å². The first-order valence-electron chi connectivity index (χ1n) is 8.68. The fraction of sp³-hybridized carbons (Fsp3) is 0.632. The van der Waals surface area contributed by atoms with Gasteiger partial charge >= 0.3 is 6.09 Å². The van der Waals surface area contributed by atoms with E-state index >= 15 is 0 Å². The van der Waals surface area contributed by atoms with Crippen molar-refractivity contribution in [1.29, 1.82) is 0 Å². The molecule has 1 aromatic rings. The van der Waals surface area contributed by atoms with Gasteiger partial charge in [-0.2, -0.15) is 0 Å². The van der Waals surface area contributed by atoms with Crippen LogP contribution in [0.4, 0.5) is 4.79 Å². The van der Waals surface area contributed by atoms with Crippen molar-refractivity contribution < 1.29 is 9.53 Å². The van der Waals surface area contributed by atoms with Gasteiger partial charge in [-0.3, -0.25) is 0 Å². The quantitative estimate of drug-likeness (QED) is 0.867. The highest BCUT2D eigenvalue weighted by Crippen LogP contribution is 2.24. The van der Waals surface area contributed by atoms with Crippen LogP contribution < -0.4 is 10.6 Å². The normalized spacial score (nSPS) is 21.7. The van der Waals surface area contributed by atoms with Crippen LogP contribution in [0.25, 0.3) is 0 Å². The molecule has 2 N–H and O–H groups in total. The molecule has 1 saturated carbocycles. The molecule has 0 bridgehead atoms. The monoisotopic (exact) mass is 318 g/mol. The maximum absolute atomic E-state index is 11.8. The van der Waals surface area contributed by atoms with Crippen molar-refractivity contribution in [2.24, 2.45) is 5.92 Å². The predicted octanol–water partition coefficient (Wildman–Crippen LogP) is 3.86. The van der Waals surface area contributed by atoms with E-state index in [1.54, 1.807) is 0 Å². The topological polar surface area (TPSA) is 50.4 Å². The Morgan fingerprint density at radius 3 is 2.57 bits per heavy atom. The lowest BCUT2D eigenvalue weighted by Gasteiger charge is -2.33. The van der Waals surface area contributed by atoms with Gasteiger partial charge in [0.15, 0.2) is 0 Å². The van der Waals surface area contributed by atoms with E-state index in [0.717, 1.165) is 13.0 Å². The molecule has 1 aliphatic carbocycles. The molecule has 4 nitrogen and oxygen atoms in total. The Balaban J connectivity index is 1.80. The van der Waals surface area contributed by atoms with Crippen LogP contribution in [0.1, 0.15) is 52.0 Å². The smallest absolute Gasteiger partial charge is 0.407 e. The van der Waals surface area contributed by atoms with Gasteiger partial charge in [0.25, 0.3) is 0 Å². The van der Waals surface area contributed by atoms with Gasteiger partial charge in [0, 0.05) is 19.1 Å². The van der Waals surface area contributed by atoms with Crippen LogP contribution in [0.2, 0.25) is 0 Å². The van der Waals surface area contributed by atoms with Crippen molar-refractivity contribution in [1.82, 2.24) is 10.6 Å². The minimum Gasteiger partial charge on any atom is -0.444 e. The number of benzene rings is 1. The molecule has 4 heteroatoms. The summed E-state index contributed by atoms with van der Waals surface area (Å²) in [7, 11) is 0. The molecule has 23 heavy (non-hydrogen) atoms. The van der Waals surface area contributed by atoms with Crippen molar-refractivity contribution in [3.63, 3.8) is 0 Å². The van der Waals surface area contributed by atoms with E-state index in [1.807, 2.05) is 26.8 Å². The Morgan fingerprint density at radius 2 is 1.87 bits per heavy atom. The first-order valence-corrected chi connectivity index (χ1v) is 8.68. The summed E-state index contributed by atoms with van der Waals surface area (Å²) in [5.41, 5.74) is 0.860. The first kappa shape index (κ1) is 17.8. The van der Waals surface area contributed by atoms with Crippen molar-refractivity contribution in [3.8, 4) is 0 Å². The van der Waals surface area contributed by atoms with Gasteiger partial charge in [-0.15, -0.1) is 0 Å². The molecule has 0 heterocycles. The number of hydrogen-bond acceptors (Lipinski definition) is 3. The Morgan fingerprint density at radius 1 is 1.17 bits per heavy atom. The zero-order chi connectivity index (χ0) is 16.7. The zero-order valence-electron chi connectivity index (χ0n) is 14.6. The Labute approximate surface area is 140 Å². The lowest BCUT2D eigenvalue weighted by Crippen LogP contribution is -2.44. The Kier molecular flexibility index (Phi) is 6.46. The number of rotatable bonds is 5. The van der Waals surface area contributed by atoms with Crippen LogP contribution in [0.5, 0.6) is 0 Å². The molecule has 2 atom stereocenters. The molecule has 1 fully saturated rings. The number of nitrogens with one attached hydrogen (secondary N) is 2. The Bertz CT molecular complexity index is 482. The fourth-order valence-electron chi connectivity index (χ4n) is 3.09. The van der Waals surface area contributed by atoms with Gasteiger partial charge in [0.1, 0.15) is 5.60 Å². The summed E-state index contributed by atoms with van der Waals surface area (Å²) in [5.74, 6) is 0.472. The van der Waals surface area contributed by atoms with Crippen LogP contribution in [-0.4, -0.2) is 24.3 Å². The van der Waals surface area contributed by atoms with E-state index in [4.69, 9.17) is 4.74 Å². The summed E-state index contributed by atoms with van der Waals surface area (Å²) >= 11 is 0. The summed E-state index contributed by atoms with van der Waals surface area (Å²) in [6, 6.07) is 10.9. The van der Waals surface area contributed by atoms with Crippen molar-refractivity contribution in [3.05, 3.63) is 35.9 Å². The van der Waals surface area contributed by atoms with Gasteiger partial charge < -0.3 is 15.4 Å². The summed E-state index contributed by atoms with van der Waals surface area (Å²) in [5, 5.41) is 6.60. The van der Waals surface area contributed by atoms with Crippen LogP contribution in [0.15, 0.2) is 30.3 Å². The van der Waals surface area contributed by atoms with Crippen LogP contribution in [0, 0.1) is 5.92 Å². The van der Waals surface area contributed by atoms with Gasteiger partial charge in [-0.25, -0.2) is 4.79 Å². The lowest BCUT2D eigenvalue weighted by atomic mass is 9.84. The molecular formula is C19H30N2O2. The lowest BCUT2D eigenvalue weighted by molar-refractivity contribution is 0.0510. The zero-order valence-corrected chi connectivity index (χ0v) is 14.6. The third-order valence-corrected chi connectivity index (χ3v) is 4.23. The number of hydrogen-bond donors (Lipinski definition) is 2. The van der Waals surface area contributed by atoms with E-state index in [2.05, 4.69) is 34.9 Å². The molecule has 128 valence electrons. The maximum Gasteiger partial charge on any atom is 0.407 e. The Hall–Kier alpha value is -1.55. The van der Waals surface area contributed by atoms with Gasteiger partial charge in [-0.1, -0.05) is 43.2 Å². The van der Waals surface area contributed by atoms with E-state index < -0.39 is 5.60 Å².